The molecule has 1 N–H and O–H groups in total. The average molecular weight is 571 g/mol. The maximum Gasteiger partial charge on any atom is 0.238 e. The summed E-state index contributed by atoms with van der Waals surface area (Å²) in [6, 6.07) is 25.6. The third-order valence-corrected chi connectivity index (χ3v) is 9.13. The van der Waals surface area contributed by atoms with Crippen LogP contribution in [0.5, 0.6) is 17.2 Å². The Kier molecular flexibility index (Phi) is 5.50. The van der Waals surface area contributed by atoms with Gasteiger partial charge in [-0.3, -0.25) is 14.4 Å². The van der Waals surface area contributed by atoms with Crippen molar-refractivity contribution in [3.05, 3.63) is 125 Å². The largest absolute Gasteiger partial charge is 0.497 e. The SMILES string of the molecule is COc1cccc(C(=O)[C@H]2[C@H](C(=O)c3ccc4c(c3)OCO4)N3C=Cc4ccccc4[C@@H]3[C@]23C(=O)Nc2ccccc23)c1. The van der Waals surface area contributed by atoms with Crippen LogP contribution in [0.25, 0.3) is 6.08 Å². The third-order valence-electron chi connectivity index (χ3n) is 9.13. The van der Waals surface area contributed by atoms with E-state index in [1.54, 1.807) is 42.5 Å². The number of para-hydroxylation sites is 1. The minimum atomic E-state index is -1.41. The second-order valence-corrected chi connectivity index (χ2v) is 11.1. The Bertz CT molecular complexity index is 1880. The van der Waals surface area contributed by atoms with Gasteiger partial charge in [0.05, 0.1) is 19.1 Å². The van der Waals surface area contributed by atoms with Crippen molar-refractivity contribution in [2.45, 2.75) is 17.5 Å². The van der Waals surface area contributed by atoms with E-state index in [2.05, 4.69) is 5.32 Å². The smallest absolute Gasteiger partial charge is 0.238 e. The minimum absolute atomic E-state index is 0.0706. The van der Waals surface area contributed by atoms with Gasteiger partial charge in [0.1, 0.15) is 17.2 Å². The summed E-state index contributed by atoms with van der Waals surface area (Å²) >= 11 is 0. The van der Waals surface area contributed by atoms with Gasteiger partial charge in [0.2, 0.25) is 12.7 Å². The van der Waals surface area contributed by atoms with Crippen LogP contribution in [0.4, 0.5) is 5.69 Å². The zero-order valence-corrected chi connectivity index (χ0v) is 23.2. The molecule has 0 aromatic heterocycles. The van der Waals surface area contributed by atoms with Crippen molar-refractivity contribution < 1.29 is 28.6 Å². The number of benzene rings is 4. The molecule has 1 saturated heterocycles. The Balaban J connectivity index is 1.40. The first-order chi connectivity index (χ1) is 21.0. The Morgan fingerprint density at radius 2 is 1.67 bits per heavy atom. The summed E-state index contributed by atoms with van der Waals surface area (Å²) in [5.74, 6) is -0.465. The summed E-state index contributed by atoms with van der Waals surface area (Å²) in [5.41, 5.74) is 2.47. The van der Waals surface area contributed by atoms with E-state index in [1.807, 2.05) is 65.7 Å². The number of amides is 1. The van der Waals surface area contributed by atoms with Crippen molar-refractivity contribution in [1.82, 2.24) is 4.90 Å². The first-order valence-corrected chi connectivity index (χ1v) is 14.1. The van der Waals surface area contributed by atoms with Gasteiger partial charge in [-0.05, 0) is 59.2 Å². The fraction of sp³-hybridized carbons (Fsp3) is 0.171. The van der Waals surface area contributed by atoms with Crippen LogP contribution >= 0.6 is 0 Å². The van der Waals surface area contributed by atoms with Crippen molar-refractivity contribution >= 4 is 29.2 Å². The van der Waals surface area contributed by atoms with E-state index in [4.69, 9.17) is 14.2 Å². The molecule has 0 aliphatic carbocycles. The van der Waals surface area contributed by atoms with E-state index in [0.717, 1.165) is 11.1 Å². The highest BCUT2D eigenvalue weighted by Gasteiger charge is 2.70. The quantitative estimate of drug-likeness (QED) is 0.321. The van der Waals surface area contributed by atoms with Crippen LogP contribution in [0, 0.1) is 5.92 Å². The summed E-state index contributed by atoms with van der Waals surface area (Å²) < 4.78 is 16.5. The highest BCUT2D eigenvalue weighted by molar-refractivity contribution is 6.16. The van der Waals surface area contributed by atoms with E-state index in [-0.39, 0.29) is 24.3 Å². The highest BCUT2D eigenvalue weighted by atomic mass is 16.7. The lowest BCUT2D eigenvalue weighted by Crippen LogP contribution is -2.49. The molecule has 0 radical (unpaired) electrons. The molecular formula is C35H26N2O6. The predicted octanol–water partition coefficient (Wildman–Crippen LogP) is 5.41. The molecule has 4 aliphatic rings. The molecule has 8 heteroatoms. The monoisotopic (exact) mass is 570 g/mol. The van der Waals surface area contributed by atoms with E-state index in [9.17, 15) is 14.4 Å². The number of nitrogens with zero attached hydrogens (tertiary/aromatic N) is 1. The Hall–Kier alpha value is -5.37. The fourth-order valence-electron chi connectivity index (χ4n) is 7.34. The number of methoxy groups -OCH3 is 1. The Morgan fingerprint density at radius 1 is 0.884 bits per heavy atom. The number of Topliss-reactive ketones (excluding diaryl/α,β-unsaturated/α-hetero) is 2. The number of ketones is 2. The van der Waals surface area contributed by atoms with Crippen LogP contribution in [0.15, 0.2) is 97.2 Å². The summed E-state index contributed by atoms with van der Waals surface area (Å²) in [5, 5.41) is 3.07. The lowest BCUT2D eigenvalue weighted by Gasteiger charge is -2.38. The van der Waals surface area contributed by atoms with Crippen molar-refractivity contribution in [3.63, 3.8) is 0 Å². The molecule has 0 bridgehead atoms. The van der Waals surface area contributed by atoms with E-state index in [0.29, 0.717) is 39.6 Å². The number of rotatable bonds is 5. The molecule has 4 aliphatic heterocycles. The van der Waals surface area contributed by atoms with Crippen molar-refractivity contribution in [2.75, 3.05) is 19.2 Å². The van der Waals surface area contributed by atoms with Crippen LogP contribution in [-0.2, 0) is 10.2 Å². The number of hydrogen-bond acceptors (Lipinski definition) is 7. The first-order valence-electron chi connectivity index (χ1n) is 14.1. The summed E-state index contributed by atoms with van der Waals surface area (Å²) in [6.45, 7) is 0.0706. The van der Waals surface area contributed by atoms with Gasteiger partial charge in [0.15, 0.2) is 23.1 Å². The Labute approximate surface area is 247 Å². The molecule has 8 rings (SSSR count). The van der Waals surface area contributed by atoms with Gasteiger partial charge < -0.3 is 24.4 Å². The highest BCUT2D eigenvalue weighted by Crippen LogP contribution is 2.62. The number of ether oxygens (including phenoxy) is 3. The molecular weight excluding hydrogens is 544 g/mol. The minimum Gasteiger partial charge on any atom is -0.497 e. The molecule has 0 unspecified atom stereocenters. The number of carbonyl (C=O) groups is 3. The van der Waals surface area contributed by atoms with Gasteiger partial charge in [-0.1, -0.05) is 54.6 Å². The number of fused-ring (bicyclic) bond motifs is 7. The van der Waals surface area contributed by atoms with Gasteiger partial charge in [0, 0.05) is 23.0 Å². The second-order valence-electron chi connectivity index (χ2n) is 11.1. The number of hydrogen-bond donors (Lipinski definition) is 1. The van der Waals surface area contributed by atoms with Crippen LogP contribution in [0.3, 0.4) is 0 Å². The van der Waals surface area contributed by atoms with Crippen LogP contribution in [0.1, 0.15) is 43.4 Å². The van der Waals surface area contributed by atoms with Crippen LogP contribution < -0.4 is 19.5 Å². The summed E-state index contributed by atoms with van der Waals surface area (Å²) in [7, 11) is 1.54. The number of anilines is 1. The standard InChI is InChI=1S/C35H26N2O6/c1-41-23-9-6-8-21(17-23)31(38)29-30(32(39)22-13-14-27-28(18-22)43-19-42-27)37-16-15-20-7-2-3-10-24(20)33(37)35(29)25-11-4-5-12-26(25)36-34(35)40/h2-18,29-30,33H,19H2,1H3,(H,36,40)/t29-,30-,33-,35-/m1/s1. The normalized spacial score (nSPS) is 23.9. The molecule has 212 valence electrons. The maximum absolute atomic E-state index is 14.9. The Morgan fingerprint density at radius 3 is 2.56 bits per heavy atom. The van der Waals surface area contributed by atoms with Crippen molar-refractivity contribution in [1.29, 1.82) is 0 Å². The van der Waals surface area contributed by atoms with Gasteiger partial charge in [-0.25, -0.2) is 0 Å². The number of carbonyl (C=O) groups excluding carboxylic acids is 3. The summed E-state index contributed by atoms with van der Waals surface area (Å²) in [4.78, 5) is 46.2. The predicted molar refractivity (Wildman–Crippen MR) is 158 cm³/mol. The van der Waals surface area contributed by atoms with Crippen molar-refractivity contribution in [2.24, 2.45) is 5.92 Å². The lowest BCUT2D eigenvalue weighted by molar-refractivity contribution is -0.122. The molecule has 4 heterocycles. The number of nitrogens with one attached hydrogen (secondary N) is 1. The van der Waals surface area contributed by atoms with E-state index >= 15 is 0 Å². The zero-order valence-electron chi connectivity index (χ0n) is 23.2. The third kappa shape index (κ3) is 3.46. The fourth-order valence-corrected chi connectivity index (χ4v) is 7.34. The van der Waals surface area contributed by atoms with Gasteiger partial charge in [-0.2, -0.15) is 0 Å². The van der Waals surface area contributed by atoms with Crippen molar-refractivity contribution in [3.8, 4) is 17.2 Å². The van der Waals surface area contributed by atoms with Gasteiger partial charge >= 0.3 is 0 Å². The van der Waals surface area contributed by atoms with Crippen LogP contribution in [0.2, 0.25) is 0 Å². The topological polar surface area (TPSA) is 94.2 Å². The van der Waals surface area contributed by atoms with Gasteiger partial charge in [-0.15, -0.1) is 0 Å². The zero-order chi connectivity index (χ0) is 29.3. The first kappa shape index (κ1) is 25.3. The molecule has 4 aromatic rings. The maximum atomic E-state index is 14.9. The molecule has 1 spiro atoms. The summed E-state index contributed by atoms with van der Waals surface area (Å²) in [6.07, 6.45) is 3.80. The molecule has 4 atom stereocenters. The second kappa shape index (κ2) is 9.32. The molecule has 43 heavy (non-hydrogen) atoms. The molecule has 1 fully saturated rings. The van der Waals surface area contributed by atoms with Gasteiger partial charge in [0.25, 0.3) is 0 Å². The molecule has 4 aromatic carbocycles. The van der Waals surface area contributed by atoms with Crippen LogP contribution in [-0.4, -0.2) is 42.3 Å². The molecule has 8 nitrogen and oxygen atoms in total. The van der Waals surface area contributed by atoms with E-state index in [1.165, 1.54) is 7.11 Å². The molecule has 1 amide bonds. The lowest BCUT2D eigenvalue weighted by atomic mass is 9.62. The van der Waals surface area contributed by atoms with E-state index < -0.39 is 23.4 Å². The average Bonchev–Trinajstić information content (AvgIpc) is 3.73. The molecule has 0 saturated carbocycles.